The van der Waals surface area contributed by atoms with Crippen LogP contribution in [0.2, 0.25) is 0 Å². The highest BCUT2D eigenvalue weighted by molar-refractivity contribution is 7.99. The highest BCUT2D eigenvalue weighted by Gasteiger charge is 2.27. The Morgan fingerprint density at radius 3 is 2.55 bits per heavy atom. The molecule has 8 heteroatoms. The van der Waals surface area contributed by atoms with Crippen LogP contribution in [0.5, 0.6) is 0 Å². The van der Waals surface area contributed by atoms with Crippen LogP contribution in [0.25, 0.3) is 0 Å². The number of carbonyl (C=O) groups is 2. The number of nitrogens with zero attached hydrogens (tertiary/aromatic N) is 2. The number of nitro benzene ring substituents is 1. The van der Waals surface area contributed by atoms with Gasteiger partial charge >= 0.3 is 0 Å². The summed E-state index contributed by atoms with van der Waals surface area (Å²) in [4.78, 5) is 39.2. The fraction of sp³-hybridized carbons (Fsp3) is 0.130. The molecule has 1 aliphatic rings. The molecule has 0 saturated heterocycles. The maximum absolute atomic E-state index is 12.8. The molecule has 3 aromatic rings. The number of carbonyl (C=O) groups excluding carboxylic acids is 2. The molecule has 0 saturated carbocycles. The van der Waals surface area contributed by atoms with Gasteiger partial charge in [0, 0.05) is 34.0 Å². The first-order valence-corrected chi connectivity index (χ1v) is 10.5. The van der Waals surface area contributed by atoms with E-state index in [1.165, 1.54) is 34.9 Å². The number of aryl methyl sites for hydroxylation is 1. The topological polar surface area (TPSA) is 92.5 Å². The second-order valence-corrected chi connectivity index (χ2v) is 8.12. The summed E-state index contributed by atoms with van der Waals surface area (Å²) in [6.07, 6.45) is 0.631. The average molecular weight is 433 g/mol. The molecular weight excluding hydrogens is 414 g/mol. The summed E-state index contributed by atoms with van der Waals surface area (Å²) in [5.74, 6) is -0.510. The maximum atomic E-state index is 12.8. The molecule has 0 aliphatic carbocycles. The Bertz CT molecular complexity index is 1150. The molecule has 0 bridgehead atoms. The number of non-ortho nitro benzene ring substituents is 1. The number of anilines is 2. The van der Waals surface area contributed by atoms with Crippen molar-refractivity contribution in [3.63, 3.8) is 0 Å². The van der Waals surface area contributed by atoms with Gasteiger partial charge in [0.25, 0.3) is 5.69 Å². The molecule has 1 heterocycles. The minimum absolute atomic E-state index is 0.0237. The Hall–Kier alpha value is -3.65. The van der Waals surface area contributed by atoms with Crippen LogP contribution in [0.15, 0.2) is 82.6 Å². The Morgan fingerprint density at radius 1 is 1.03 bits per heavy atom. The summed E-state index contributed by atoms with van der Waals surface area (Å²) in [6, 6.07) is 21.7. The number of para-hydroxylation sites is 1. The van der Waals surface area contributed by atoms with Crippen LogP contribution < -0.4 is 10.2 Å². The SMILES string of the molecule is O=C(CN1C(=O)CCc2cc([N+](=O)[O-])ccc21)Nc1ccccc1Sc1ccccc1. The van der Waals surface area contributed by atoms with Gasteiger partial charge in [-0.25, -0.2) is 0 Å². The lowest BCUT2D eigenvalue weighted by molar-refractivity contribution is -0.384. The van der Waals surface area contributed by atoms with E-state index in [2.05, 4.69) is 5.32 Å². The van der Waals surface area contributed by atoms with Crippen molar-refractivity contribution in [1.29, 1.82) is 0 Å². The fourth-order valence-corrected chi connectivity index (χ4v) is 4.36. The molecule has 2 amide bonds. The van der Waals surface area contributed by atoms with Gasteiger partial charge in [0.15, 0.2) is 0 Å². The summed E-state index contributed by atoms with van der Waals surface area (Å²) in [5.41, 5.74) is 1.88. The zero-order valence-corrected chi connectivity index (χ0v) is 17.3. The van der Waals surface area contributed by atoms with Crippen LogP contribution in [-0.4, -0.2) is 23.3 Å². The first kappa shape index (κ1) is 20.6. The van der Waals surface area contributed by atoms with E-state index in [1.807, 2.05) is 54.6 Å². The fourth-order valence-electron chi connectivity index (χ4n) is 3.44. The molecule has 0 atom stereocenters. The number of fused-ring (bicyclic) bond motifs is 1. The Morgan fingerprint density at radius 2 is 1.77 bits per heavy atom. The maximum Gasteiger partial charge on any atom is 0.269 e. The van der Waals surface area contributed by atoms with E-state index in [0.29, 0.717) is 23.4 Å². The number of benzene rings is 3. The van der Waals surface area contributed by atoms with E-state index < -0.39 is 4.92 Å². The number of nitro groups is 1. The van der Waals surface area contributed by atoms with E-state index in [4.69, 9.17) is 0 Å². The van der Waals surface area contributed by atoms with Crippen molar-refractivity contribution in [1.82, 2.24) is 0 Å². The molecule has 1 aliphatic heterocycles. The predicted octanol–water partition coefficient (Wildman–Crippen LogP) is 4.66. The largest absolute Gasteiger partial charge is 0.324 e. The first-order chi connectivity index (χ1) is 15.0. The lowest BCUT2D eigenvalue weighted by atomic mass is 10.0. The highest BCUT2D eigenvalue weighted by atomic mass is 32.2. The lowest BCUT2D eigenvalue weighted by Crippen LogP contribution is -2.41. The van der Waals surface area contributed by atoms with Gasteiger partial charge < -0.3 is 10.2 Å². The summed E-state index contributed by atoms with van der Waals surface area (Å²) >= 11 is 1.54. The number of nitrogens with one attached hydrogen (secondary N) is 1. The molecule has 0 unspecified atom stereocenters. The zero-order chi connectivity index (χ0) is 21.8. The van der Waals surface area contributed by atoms with E-state index in [-0.39, 0.29) is 30.5 Å². The Kier molecular flexibility index (Phi) is 5.99. The van der Waals surface area contributed by atoms with Crippen LogP contribution in [0, 0.1) is 10.1 Å². The van der Waals surface area contributed by atoms with Gasteiger partial charge in [-0.05, 0) is 42.3 Å². The van der Waals surface area contributed by atoms with E-state index in [0.717, 1.165) is 9.79 Å². The normalized spacial score (nSPS) is 12.9. The number of rotatable bonds is 6. The lowest BCUT2D eigenvalue weighted by Gasteiger charge is -2.28. The molecule has 156 valence electrons. The van der Waals surface area contributed by atoms with Gasteiger partial charge in [0.05, 0.1) is 10.6 Å². The van der Waals surface area contributed by atoms with Gasteiger partial charge in [-0.2, -0.15) is 0 Å². The molecule has 4 rings (SSSR count). The van der Waals surface area contributed by atoms with Crippen LogP contribution >= 0.6 is 11.8 Å². The van der Waals surface area contributed by atoms with Crippen LogP contribution in [0.4, 0.5) is 17.1 Å². The first-order valence-electron chi connectivity index (χ1n) is 9.71. The monoisotopic (exact) mass is 433 g/mol. The second-order valence-electron chi connectivity index (χ2n) is 7.01. The summed E-state index contributed by atoms with van der Waals surface area (Å²) in [5, 5.41) is 13.9. The zero-order valence-electron chi connectivity index (χ0n) is 16.5. The molecule has 0 radical (unpaired) electrons. The van der Waals surface area contributed by atoms with Crippen LogP contribution in [-0.2, 0) is 16.0 Å². The number of amides is 2. The molecular formula is C23H19N3O4S. The third kappa shape index (κ3) is 4.75. The van der Waals surface area contributed by atoms with Gasteiger partial charge in [-0.1, -0.05) is 42.1 Å². The molecule has 7 nitrogen and oxygen atoms in total. The Balaban J connectivity index is 1.51. The third-order valence-electron chi connectivity index (χ3n) is 4.91. The second kappa shape index (κ2) is 9.01. The van der Waals surface area contributed by atoms with Crippen molar-refractivity contribution in [2.45, 2.75) is 22.6 Å². The molecule has 31 heavy (non-hydrogen) atoms. The molecule has 0 spiro atoms. The van der Waals surface area contributed by atoms with E-state index >= 15 is 0 Å². The van der Waals surface area contributed by atoms with Gasteiger partial charge in [0.1, 0.15) is 6.54 Å². The van der Waals surface area contributed by atoms with Gasteiger partial charge in [0.2, 0.25) is 11.8 Å². The van der Waals surface area contributed by atoms with E-state index in [9.17, 15) is 19.7 Å². The predicted molar refractivity (Wildman–Crippen MR) is 119 cm³/mol. The highest BCUT2D eigenvalue weighted by Crippen LogP contribution is 2.34. The van der Waals surface area contributed by atoms with Crippen molar-refractivity contribution in [2.24, 2.45) is 0 Å². The molecule has 0 fully saturated rings. The minimum atomic E-state index is -0.463. The summed E-state index contributed by atoms with van der Waals surface area (Å²) < 4.78 is 0. The number of hydrogen-bond donors (Lipinski definition) is 1. The van der Waals surface area contributed by atoms with Crippen LogP contribution in [0.1, 0.15) is 12.0 Å². The quantitative estimate of drug-likeness (QED) is 0.451. The Labute approximate surface area is 183 Å². The van der Waals surface area contributed by atoms with Gasteiger partial charge in [-0.15, -0.1) is 0 Å². The van der Waals surface area contributed by atoms with Crippen LogP contribution in [0.3, 0.4) is 0 Å². The minimum Gasteiger partial charge on any atom is -0.324 e. The molecule has 0 aromatic heterocycles. The van der Waals surface area contributed by atoms with E-state index in [1.54, 1.807) is 0 Å². The van der Waals surface area contributed by atoms with Crippen molar-refractivity contribution in [2.75, 3.05) is 16.8 Å². The summed E-state index contributed by atoms with van der Waals surface area (Å²) in [6.45, 7) is -0.159. The van der Waals surface area contributed by atoms with Gasteiger partial charge in [-0.3, -0.25) is 19.7 Å². The van der Waals surface area contributed by atoms with Crippen molar-refractivity contribution >= 4 is 40.6 Å². The number of hydrogen-bond acceptors (Lipinski definition) is 5. The van der Waals surface area contributed by atoms with Crippen molar-refractivity contribution < 1.29 is 14.5 Å². The molecule has 1 N–H and O–H groups in total. The van der Waals surface area contributed by atoms with Crippen molar-refractivity contribution in [3.8, 4) is 0 Å². The van der Waals surface area contributed by atoms with Crippen molar-refractivity contribution in [3.05, 3.63) is 88.5 Å². The smallest absolute Gasteiger partial charge is 0.269 e. The molecule has 3 aromatic carbocycles. The third-order valence-corrected chi connectivity index (χ3v) is 5.99. The average Bonchev–Trinajstić information content (AvgIpc) is 2.77. The standard InChI is InChI=1S/C23H19N3O4S/c27-22(24-19-8-4-5-9-21(19)31-18-6-2-1-3-7-18)15-25-20-12-11-17(26(29)30)14-16(20)10-13-23(25)28/h1-9,11-12,14H,10,13,15H2,(H,24,27). The summed E-state index contributed by atoms with van der Waals surface area (Å²) in [7, 11) is 0.